The van der Waals surface area contributed by atoms with Crippen LogP contribution < -0.4 is 14.8 Å². The van der Waals surface area contributed by atoms with Crippen molar-refractivity contribution in [1.82, 2.24) is 0 Å². The number of nitrogens with one attached hydrogen (secondary N) is 2. The molecule has 0 bridgehead atoms. The Balaban J connectivity index is 1.75. The molecule has 0 aromatic heterocycles. The molecule has 3 N–H and O–H groups in total. The van der Waals surface area contributed by atoms with Crippen LogP contribution in [0.3, 0.4) is 0 Å². The maximum Gasteiger partial charge on any atom is 0.255 e. The highest BCUT2D eigenvalue weighted by Gasteiger charge is 2.18. The van der Waals surface area contributed by atoms with Crippen molar-refractivity contribution >= 4 is 33.4 Å². The molecule has 8 heteroatoms. The summed E-state index contributed by atoms with van der Waals surface area (Å²) in [5, 5.41) is 11.8. The topological polar surface area (TPSA) is 105 Å². The molecule has 2 aromatic rings. The van der Waals surface area contributed by atoms with Gasteiger partial charge in [-0.2, -0.15) is 0 Å². The van der Waals surface area contributed by atoms with Gasteiger partial charge in [-0.3, -0.25) is 9.52 Å². The van der Waals surface area contributed by atoms with Gasteiger partial charge < -0.3 is 15.2 Å². The summed E-state index contributed by atoms with van der Waals surface area (Å²) in [4.78, 5) is 12.6. The molecule has 1 heterocycles. The molecule has 0 spiro atoms. The van der Waals surface area contributed by atoms with Crippen molar-refractivity contribution in [1.29, 1.82) is 0 Å². The van der Waals surface area contributed by atoms with E-state index in [1.54, 1.807) is 56.3 Å². The van der Waals surface area contributed by atoms with Gasteiger partial charge in [0.1, 0.15) is 5.75 Å². The molecule has 1 aliphatic rings. The Bertz CT molecular complexity index is 1030. The van der Waals surface area contributed by atoms with Gasteiger partial charge in [-0.25, -0.2) is 8.42 Å². The summed E-state index contributed by atoms with van der Waals surface area (Å²) in [5.41, 5.74) is 3.03. The van der Waals surface area contributed by atoms with Crippen molar-refractivity contribution in [2.45, 2.75) is 32.3 Å². The molecule has 1 unspecified atom stereocenters. The molecule has 0 fully saturated rings. The van der Waals surface area contributed by atoms with E-state index in [1.807, 2.05) is 6.92 Å². The van der Waals surface area contributed by atoms with Crippen molar-refractivity contribution in [3.05, 3.63) is 59.2 Å². The third-order valence-electron chi connectivity index (χ3n) is 4.43. The summed E-state index contributed by atoms with van der Waals surface area (Å²) in [6, 6.07) is 9.61. The number of anilines is 2. The predicted molar refractivity (Wildman–Crippen MR) is 109 cm³/mol. The Labute approximate surface area is 164 Å². The first-order chi connectivity index (χ1) is 13.2. The average molecular weight is 402 g/mol. The summed E-state index contributed by atoms with van der Waals surface area (Å²) in [7, 11) is -3.44. The number of fused-ring (bicyclic) bond motifs is 1. The molecule has 1 atom stereocenters. The number of carbonyl (C=O) groups excluding carboxylic acids is 1. The number of ether oxygens (including phenoxy) is 1. The van der Waals surface area contributed by atoms with Gasteiger partial charge in [0.2, 0.25) is 16.3 Å². The number of rotatable bonds is 5. The Hall–Kier alpha value is -2.84. The molecular formula is C20H22N2O5S. The van der Waals surface area contributed by atoms with E-state index >= 15 is 0 Å². The highest BCUT2D eigenvalue weighted by Crippen LogP contribution is 2.33. The highest BCUT2D eigenvalue weighted by molar-refractivity contribution is 7.93. The first kappa shape index (κ1) is 19.9. The van der Waals surface area contributed by atoms with Crippen LogP contribution in [0.5, 0.6) is 5.75 Å². The van der Waals surface area contributed by atoms with Crippen molar-refractivity contribution < 1.29 is 23.1 Å². The molecule has 0 saturated heterocycles. The van der Waals surface area contributed by atoms with E-state index in [2.05, 4.69) is 10.0 Å². The molecule has 3 rings (SSSR count). The van der Waals surface area contributed by atoms with E-state index < -0.39 is 21.6 Å². The highest BCUT2D eigenvalue weighted by atomic mass is 32.2. The Morgan fingerprint density at radius 3 is 2.46 bits per heavy atom. The Kier molecular flexibility index (Phi) is 5.44. The van der Waals surface area contributed by atoms with E-state index in [0.717, 1.165) is 11.1 Å². The summed E-state index contributed by atoms with van der Waals surface area (Å²) in [5.74, 6) is 0.231. The Morgan fingerprint density at radius 1 is 1.14 bits per heavy atom. The van der Waals surface area contributed by atoms with E-state index in [9.17, 15) is 18.3 Å². The van der Waals surface area contributed by atoms with E-state index in [-0.39, 0.29) is 5.91 Å². The first-order valence-corrected chi connectivity index (χ1v) is 10.3. The van der Waals surface area contributed by atoms with Crippen LogP contribution in [0.1, 0.15) is 35.3 Å². The lowest BCUT2D eigenvalue weighted by atomic mass is 10.0. The van der Waals surface area contributed by atoms with Crippen molar-refractivity contribution in [2.75, 3.05) is 10.0 Å². The second-order valence-corrected chi connectivity index (χ2v) is 8.98. The predicted octanol–water partition coefficient (Wildman–Crippen LogP) is 3.12. The molecule has 28 heavy (non-hydrogen) atoms. The second-order valence-electron chi connectivity index (χ2n) is 6.74. The summed E-state index contributed by atoms with van der Waals surface area (Å²) >= 11 is 0. The molecule has 2 aromatic carbocycles. The molecule has 7 nitrogen and oxygen atoms in total. The smallest absolute Gasteiger partial charge is 0.255 e. The van der Waals surface area contributed by atoms with E-state index in [0.29, 0.717) is 22.7 Å². The molecule has 148 valence electrons. The number of hydrogen-bond donors (Lipinski definition) is 3. The summed E-state index contributed by atoms with van der Waals surface area (Å²) in [6.45, 7) is 5.03. The lowest BCUT2D eigenvalue weighted by Gasteiger charge is -2.20. The third-order valence-corrected chi connectivity index (χ3v) is 6.19. The lowest BCUT2D eigenvalue weighted by Crippen LogP contribution is -2.22. The van der Waals surface area contributed by atoms with Gasteiger partial charge in [-0.1, -0.05) is 0 Å². The van der Waals surface area contributed by atoms with Gasteiger partial charge >= 0.3 is 0 Å². The second kappa shape index (κ2) is 7.65. The molecule has 0 radical (unpaired) electrons. The van der Waals surface area contributed by atoms with Crippen LogP contribution in [0.15, 0.2) is 42.5 Å². The quantitative estimate of drug-likeness (QED) is 0.713. The number of carbonyl (C=O) groups is 1. The van der Waals surface area contributed by atoms with Crippen molar-refractivity contribution in [2.24, 2.45) is 0 Å². The molecule has 1 amide bonds. The number of amides is 1. The molecule has 0 aliphatic carbocycles. The summed E-state index contributed by atoms with van der Waals surface area (Å²) < 4.78 is 31.6. The fourth-order valence-corrected chi connectivity index (χ4v) is 3.36. The van der Waals surface area contributed by atoms with Crippen LogP contribution in [-0.4, -0.2) is 31.0 Å². The zero-order valence-corrected chi connectivity index (χ0v) is 16.6. The van der Waals surface area contributed by atoms with Crippen molar-refractivity contribution in [3.63, 3.8) is 0 Å². The number of aliphatic hydroxyl groups is 1. The fraction of sp³-hybridized carbons (Fsp3) is 0.250. The van der Waals surface area contributed by atoms with E-state index in [1.165, 1.54) is 6.08 Å². The minimum Gasteiger partial charge on any atom is -0.461 e. The minimum atomic E-state index is -3.44. The molecular weight excluding hydrogens is 380 g/mol. The zero-order chi connectivity index (χ0) is 20.5. The van der Waals surface area contributed by atoms with Gasteiger partial charge in [-0.05, 0) is 74.9 Å². The minimum absolute atomic E-state index is 0.318. The van der Waals surface area contributed by atoms with Gasteiger partial charge in [0, 0.05) is 22.5 Å². The van der Waals surface area contributed by atoms with Gasteiger partial charge in [0.05, 0.1) is 5.25 Å². The van der Waals surface area contributed by atoms with Crippen LogP contribution >= 0.6 is 0 Å². The lowest BCUT2D eigenvalue weighted by molar-refractivity contribution is 0.0230. The maximum absolute atomic E-state index is 12.6. The number of benzene rings is 2. The molecule has 1 aliphatic heterocycles. The number of sulfonamides is 1. The monoisotopic (exact) mass is 402 g/mol. The van der Waals surface area contributed by atoms with Crippen LogP contribution in [0.25, 0.3) is 6.08 Å². The standard InChI is InChI=1S/C20H22N2O5S/c1-12(2)28(25,26)22-15-6-4-14(5-7-15)20(24)21-17-9-10-18-16(13(17)3)8-11-19(23)27-18/h4-12,19,22-23H,1-3H3,(H,21,24). The largest absolute Gasteiger partial charge is 0.461 e. The molecule has 0 saturated carbocycles. The maximum atomic E-state index is 12.6. The van der Waals surface area contributed by atoms with E-state index in [4.69, 9.17) is 4.74 Å². The average Bonchev–Trinajstić information content (AvgIpc) is 2.64. The van der Waals surface area contributed by atoms with Crippen LogP contribution in [0.2, 0.25) is 0 Å². The number of hydrogen-bond acceptors (Lipinski definition) is 5. The number of aliphatic hydroxyl groups excluding tert-OH is 1. The van der Waals surface area contributed by atoms with Crippen LogP contribution in [0.4, 0.5) is 11.4 Å². The van der Waals surface area contributed by atoms with Gasteiger partial charge in [0.25, 0.3) is 5.91 Å². The fourth-order valence-electron chi connectivity index (χ4n) is 2.66. The SMILES string of the molecule is Cc1c(NC(=O)c2ccc(NS(=O)(=O)C(C)C)cc2)ccc2c1C=CC(O)O2. The van der Waals surface area contributed by atoms with Crippen LogP contribution in [-0.2, 0) is 10.0 Å². The third kappa shape index (κ3) is 4.18. The first-order valence-electron chi connectivity index (χ1n) is 8.77. The van der Waals surface area contributed by atoms with Gasteiger partial charge in [0.15, 0.2) is 0 Å². The zero-order valence-electron chi connectivity index (χ0n) is 15.8. The Morgan fingerprint density at radius 2 is 1.82 bits per heavy atom. The van der Waals surface area contributed by atoms with Gasteiger partial charge in [-0.15, -0.1) is 0 Å². The van der Waals surface area contributed by atoms with Crippen LogP contribution in [0, 0.1) is 6.92 Å². The summed E-state index contributed by atoms with van der Waals surface area (Å²) in [6.07, 6.45) is 2.31. The normalized spacial score (nSPS) is 15.7. The van der Waals surface area contributed by atoms with Crippen molar-refractivity contribution in [3.8, 4) is 5.75 Å².